The van der Waals surface area contributed by atoms with E-state index in [9.17, 15) is 36.9 Å². The molecule has 0 bridgehead atoms. The summed E-state index contributed by atoms with van der Waals surface area (Å²) in [6, 6.07) is 0. The van der Waals surface area contributed by atoms with Crippen LogP contribution in [0.3, 0.4) is 0 Å². The van der Waals surface area contributed by atoms with E-state index in [2.05, 4.69) is 14.1 Å². The summed E-state index contributed by atoms with van der Waals surface area (Å²) in [6.45, 7) is -1.24. The van der Waals surface area contributed by atoms with Gasteiger partial charge in [-0.1, -0.05) is 0 Å². The Morgan fingerprint density at radius 1 is 1.00 bits per heavy atom. The number of hydrogen-bond donors (Lipinski definition) is 6. The van der Waals surface area contributed by atoms with Crippen LogP contribution in [0, 0.1) is 0 Å². The molecule has 0 spiro atoms. The smallest absolute Gasteiger partial charge is 0.388 e. The lowest BCUT2D eigenvalue weighted by Crippen LogP contribution is -2.52. The number of carbonyl (C=O) groups excluding carboxylic acids is 1. The maximum Gasteiger partial charge on any atom is 0.398 e. The molecule has 0 aromatic rings. The van der Waals surface area contributed by atoms with E-state index in [1.165, 1.54) is 0 Å². The molecule has 0 aliphatic rings. The molecule has 0 aliphatic carbocycles. The zero-order valence-corrected chi connectivity index (χ0v) is 11.6. The van der Waals surface area contributed by atoms with Gasteiger partial charge in [-0.05, 0) is 0 Å². The van der Waals surface area contributed by atoms with Crippen molar-refractivity contribution in [2.45, 2.75) is 24.4 Å². The van der Waals surface area contributed by atoms with Gasteiger partial charge in [-0.25, -0.2) is 8.37 Å². The maximum absolute atomic E-state index is 10.9. The van der Waals surface area contributed by atoms with Gasteiger partial charge in [0.15, 0.2) is 6.10 Å². The minimum absolute atomic E-state index is 1.24. The van der Waals surface area contributed by atoms with Gasteiger partial charge in [0.2, 0.25) is 0 Å². The second kappa shape index (κ2) is 7.38. The highest BCUT2D eigenvalue weighted by atomic mass is 32.3. The molecular weight excluding hydrogens is 342 g/mol. The van der Waals surface area contributed by atoms with E-state index in [0.717, 1.165) is 0 Å². The number of amides is 1. The Morgan fingerprint density at radius 3 is 1.81 bits per heavy atom. The third-order valence-corrected chi connectivity index (χ3v) is 2.83. The number of primary amides is 1. The number of aliphatic hydroxyl groups excluding tert-OH is 3. The second-order valence-electron chi connectivity index (χ2n) is 3.61. The highest BCUT2D eigenvalue weighted by Gasteiger charge is 2.38. The lowest BCUT2D eigenvalue weighted by molar-refractivity contribution is -0.142. The van der Waals surface area contributed by atoms with Gasteiger partial charge in [0, 0.05) is 0 Å². The molecule has 126 valence electrons. The van der Waals surface area contributed by atoms with Crippen LogP contribution in [-0.4, -0.2) is 78.2 Å². The standard InChI is InChI=1S/C6H13NO12S2/c7-6(11)5(19-21(15,16)17)4(10)3(9)2(8)1-18-20(12,13)14/h2-5,8-10H,1H2,(H2,7,11)(H,12,13,14)(H,15,16,17)/t2-,3-,4+,5-/m1/s1. The largest absolute Gasteiger partial charge is 0.398 e. The minimum atomic E-state index is -5.23. The molecule has 0 saturated carbocycles. The summed E-state index contributed by atoms with van der Waals surface area (Å²) < 4.78 is 65.3. The van der Waals surface area contributed by atoms with Crippen molar-refractivity contribution in [3.8, 4) is 0 Å². The van der Waals surface area contributed by atoms with Gasteiger partial charge >= 0.3 is 20.8 Å². The number of carbonyl (C=O) groups is 1. The molecule has 7 N–H and O–H groups in total. The van der Waals surface area contributed by atoms with Crippen LogP contribution in [0.5, 0.6) is 0 Å². The SMILES string of the molecule is NC(=O)[C@H](OS(=O)(=O)O)[C@@H](O)[C@H](O)[C@H](O)COS(=O)(=O)O. The summed E-state index contributed by atoms with van der Waals surface area (Å²) in [4.78, 5) is 10.9. The Morgan fingerprint density at radius 2 is 1.48 bits per heavy atom. The maximum atomic E-state index is 10.9. The second-order valence-corrected chi connectivity index (χ2v) is 5.75. The van der Waals surface area contributed by atoms with Crippen molar-refractivity contribution in [3.63, 3.8) is 0 Å². The fraction of sp³-hybridized carbons (Fsp3) is 0.833. The first-order valence-electron chi connectivity index (χ1n) is 4.85. The first kappa shape index (κ1) is 20.1. The van der Waals surface area contributed by atoms with Crippen LogP contribution in [0.1, 0.15) is 0 Å². The average molecular weight is 355 g/mol. The normalized spacial score (nSPS) is 18.7. The van der Waals surface area contributed by atoms with Crippen molar-refractivity contribution in [2.75, 3.05) is 6.61 Å². The van der Waals surface area contributed by atoms with Crippen molar-refractivity contribution in [1.82, 2.24) is 0 Å². The van der Waals surface area contributed by atoms with Crippen molar-refractivity contribution < 1.29 is 54.4 Å². The number of hydrogen-bond acceptors (Lipinski definition) is 10. The minimum Gasteiger partial charge on any atom is -0.388 e. The zero-order chi connectivity index (χ0) is 17.0. The van der Waals surface area contributed by atoms with Gasteiger partial charge < -0.3 is 21.1 Å². The Bertz CT molecular complexity index is 554. The topological polar surface area (TPSA) is 231 Å². The molecule has 0 aliphatic heterocycles. The van der Waals surface area contributed by atoms with Gasteiger partial charge in [0.25, 0.3) is 5.91 Å². The summed E-state index contributed by atoms with van der Waals surface area (Å²) in [5.41, 5.74) is 4.67. The predicted molar refractivity (Wildman–Crippen MR) is 61.1 cm³/mol. The summed E-state index contributed by atoms with van der Waals surface area (Å²) in [5, 5.41) is 28.1. The Balaban J connectivity index is 4.92. The van der Waals surface area contributed by atoms with Gasteiger partial charge in [0.1, 0.15) is 18.3 Å². The molecule has 0 saturated heterocycles. The molecule has 1 amide bonds. The number of nitrogens with two attached hydrogens (primary N) is 1. The highest BCUT2D eigenvalue weighted by Crippen LogP contribution is 2.11. The van der Waals surface area contributed by atoms with Gasteiger partial charge in [-0.15, -0.1) is 0 Å². The average Bonchev–Trinajstić information content (AvgIpc) is 2.28. The molecule has 0 radical (unpaired) electrons. The number of aliphatic hydroxyl groups is 3. The number of rotatable bonds is 9. The molecule has 13 nitrogen and oxygen atoms in total. The van der Waals surface area contributed by atoms with Gasteiger partial charge in [-0.2, -0.15) is 16.8 Å². The molecule has 0 rings (SSSR count). The molecule has 0 aromatic heterocycles. The van der Waals surface area contributed by atoms with Crippen molar-refractivity contribution in [3.05, 3.63) is 0 Å². The first-order valence-corrected chi connectivity index (χ1v) is 7.58. The van der Waals surface area contributed by atoms with Crippen molar-refractivity contribution in [2.24, 2.45) is 5.73 Å². The quantitative estimate of drug-likeness (QED) is 0.215. The van der Waals surface area contributed by atoms with Crippen LogP contribution >= 0.6 is 0 Å². The van der Waals surface area contributed by atoms with E-state index in [0.29, 0.717) is 0 Å². The summed E-state index contributed by atoms with van der Waals surface area (Å²) in [7, 11) is -10.2. The van der Waals surface area contributed by atoms with E-state index in [4.69, 9.17) is 9.11 Å². The molecule has 15 heteroatoms. The predicted octanol–water partition coefficient (Wildman–Crippen LogP) is -4.44. The van der Waals surface area contributed by atoms with E-state index in [1.54, 1.807) is 0 Å². The molecule has 0 heterocycles. The van der Waals surface area contributed by atoms with E-state index >= 15 is 0 Å². The third-order valence-electron chi connectivity index (χ3n) is 1.95. The molecule has 0 fully saturated rings. The summed E-state index contributed by atoms with van der Waals surface area (Å²) in [5.74, 6) is -1.62. The molecule has 0 unspecified atom stereocenters. The molecular formula is C6H13NO12S2. The van der Waals surface area contributed by atoms with E-state index < -0.39 is 57.7 Å². The first-order chi connectivity index (χ1) is 9.24. The highest BCUT2D eigenvalue weighted by molar-refractivity contribution is 7.81. The molecule has 0 aromatic carbocycles. The van der Waals surface area contributed by atoms with Crippen molar-refractivity contribution in [1.29, 1.82) is 0 Å². The fourth-order valence-electron chi connectivity index (χ4n) is 1.06. The Labute approximate surface area is 118 Å². The molecule has 21 heavy (non-hydrogen) atoms. The van der Waals surface area contributed by atoms with Gasteiger partial charge in [-0.3, -0.25) is 13.9 Å². The van der Waals surface area contributed by atoms with Crippen LogP contribution in [0.4, 0.5) is 0 Å². The van der Waals surface area contributed by atoms with Crippen LogP contribution in [0.15, 0.2) is 0 Å². The van der Waals surface area contributed by atoms with Crippen LogP contribution in [0.25, 0.3) is 0 Å². The van der Waals surface area contributed by atoms with E-state index in [1.807, 2.05) is 0 Å². The Kier molecular flexibility index (Phi) is 7.06. The fourth-order valence-corrected chi connectivity index (χ4v) is 1.85. The summed E-state index contributed by atoms with van der Waals surface area (Å²) in [6.07, 6.45) is -9.50. The van der Waals surface area contributed by atoms with Gasteiger partial charge in [0.05, 0.1) is 6.61 Å². The van der Waals surface area contributed by atoms with Crippen LogP contribution in [-0.2, 0) is 34.0 Å². The lowest BCUT2D eigenvalue weighted by Gasteiger charge is -2.26. The van der Waals surface area contributed by atoms with Crippen LogP contribution < -0.4 is 5.73 Å². The van der Waals surface area contributed by atoms with Crippen molar-refractivity contribution >= 4 is 26.7 Å². The third kappa shape index (κ3) is 8.19. The van der Waals surface area contributed by atoms with Crippen LogP contribution in [0.2, 0.25) is 0 Å². The monoisotopic (exact) mass is 355 g/mol. The summed E-state index contributed by atoms with van der Waals surface area (Å²) >= 11 is 0. The molecule has 4 atom stereocenters. The zero-order valence-electron chi connectivity index (χ0n) is 10.0. The lowest BCUT2D eigenvalue weighted by atomic mass is 10.0. The Hall–Kier alpha value is -0.910. The van der Waals surface area contributed by atoms with E-state index in [-0.39, 0.29) is 0 Å².